The van der Waals surface area contributed by atoms with Crippen LogP contribution in [-0.2, 0) is 14.3 Å². The van der Waals surface area contributed by atoms with Crippen molar-refractivity contribution in [3.63, 3.8) is 0 Å². The molecule has 3 nitrogen and oxygen atoms in total. The minimum atomic E-state index is -1.22. The van der Waals surface area contributed by atoms with Gasteiger partial charge in [0.2, 0.25) is 5.78 Å². The molecule has 1 atom stereocenters. The topological polar surface area (TPSA) is 35.5 Å². The van der Waals surface area contributed by atoms with Crippen LogP contribution in [0.3, 0.4) is 0 Å². The monoisotopic (exact) mass is 230 g/mol. The highest BCUT2D eigenvalue weighted by Crippen LogP contribution is 2.31. The smallest absolute Gasteiger partial charge is 0.272 e. The van der Waals surface area contributed by atoms with E-state index < -0.39 is 5.79 Å². The summed E-state index contributed by atoms with van der Waals surface area (Å²) in [6.07, 6.45) is 3.06. The molecular formula is C14H14O3. The minimum Gasteiger partial charge on any atom is -0.454 e. The highest BCUT2D eigenvalue weighted by molar-refractivity contribution is 6.04. The van der Waals surface area contributed by atoms with Crippen molar-refractivity contribution in [1.29, 1.82) is 0 Å². The van der Waals surface area contributed by atoms with Gasteiger partial charge in [-0.05, 0) is 0 Å². The number of hydrogen-bond acceptors (Lipinski definition) is 3. The number of hydrogen-bond donors (Lipinski definition) is 0. The molecule has 1 aromatic carbocycles. The van der Waals surface area contributed by atoms with Crippen molar-refractivity contribution in [3.8, 4) is 0 Å². The van der Waals surface area contributed by atoms with Gasteiger partial charge in [-0.3, -0.25) is 4.79 Å². The summed E-state index contributed by atoms with van der Waals surface area (Å²) >= 11 is 0. The van der Waals surface area contributed by atoms with Crippen LogP contribution in [0.5, 0.6) is 0 Å². The molecule has 2 rings (SSSR count). The molecular weight excluding hydrogens is 216 g/mol. The second kappa shape index (κ2) is 4.55. The van der Waals surface area contributed by atoms with E-state index in [9.17, 15) is 4.79 Å². The van der Waals surface area contributed by atoms with E-state index in [1.54, 1.807) is 13.0 Å². The average molecular weight is 230 g/mol. The number of ketones is 1. The van der Waals surface area contributed by atoms with Crippen molar-refractivity contribution in [2.75, 3.05) is 6.61 Å². The fraction of sp³-hybridized carbons (Fsp3) is 0.214. The van der Waals surface area contributed by atoms with E-state index in [0.29, 0.717) is 5.76 Å². The lowest BCUT2D eigenvalue weighted by atomic mass is 10.1. The molecule has 17 heavy (non-hydrogen) atoms. The van der Waals surface area contributed by atoms with E-state index >= 15 is 0 Å². The van der Waals surface area contributed by atoms with Crippen LogP contribution >= 0.6 is 0 Å². The summed E-state index contributed by atoms with van der Waals surface area (Å²) in [5, 5.41) is 0. The third kappa shape index (κ3) is 2.29. The highest BCUT2D eigenvalue weighted by atomic mass is 16.7. The third-order valence-corrected chi connectivity index (χ3v) is 2.55. The molecule has 0 saturated heterocycles. The molecule has 1 aliphatic heterocycles. The highest BCUT2D eigenvalue weighted by Gasteiger charge is 2.41. The van der Waals surface area contributed by atoms with Crippen LogP contribution in [-0.4, -0.2) is 18.2 Å². The summed E-state index contributed by atoms with van der Waals surface area (Å²) in [6, 6.07) is 9.47. The summed E-state index contributed by atoms with van der Waals surface area (Å²) in [5.41, 5.74) is 0.867. The first-order valence-electron chi connectivity index (χ1n) is 5.41. The molecule has 88 valence electrons. The van der Waals surface area contributed by atoms with Crippen LogP contribution in [0.2, 0.25) is 0 Å². The molecule has 0 saturated carbocycles. The Morgan fingerprint density at radius 2 is 2.12 bits per heavy atom. The molecule has 1 aliphatic rings. The molecule has 0 amide bonds. The van der Waals surface area contributed by atoms with E-state index in [-0.39, 0.29) is 12.4 Å². The predicted octanol–water partition coefficient (Wildman–Crippen LogP) is 2.55. The minimum absolute atomic E-state index is 0.182. The summed E-state index contributed by atoms with van der Waals surface area (Å²) in [4.78, 5) is 11.8. The second-order valence-electron chi connectivity index (χ2n) is 3.89. The summed E-state index contributed by atoms with van der Waals surface area (Å²) in [7, 11) is 0. The van der Waals surface area contributed by atoms with Crippen LogP contribution < -0.4 is 0 Å². The first-order valence-corrected chi connectivity index (χ1v) is 5.41. The van der Waals surface area contributed by atoms with E-state index in [2.05, 4.69) is 6.58 Å². The molecule has 3 heteroatoms. The Balaban J connectivity index is 2.18. The van der Waals surface area contributed by atoms with Crippen LogP contribution in [0.15, 0.2) is 49.1 Å². The Morgan fingerprint density at radius 1 is 1.41 bits per heavy atom. The summed E-state index contributed by atoms with van der Waals surface area (Å²) in [6.45, 7) is 5.44. The maximum absolute atomic E-state index is 11.8. The summed E-state index contributed by atoms with van der Waals surface area (Å²) < 4.78 is 11.0. The van der Waals surface area contributed by atoms with Crippen LogP contribution in [0, 0.1) is 0 Å². The van der Waals surface area contributed by atoms with Crippen LogP contribution in [0.4, 0.5) is 0 Å². The van der Waals surface area contributed by atoms with Gasteiger partial charge >= 0.3 is 0 Å². The zero-order valence-electron chi connectivity index (χ0n) is 9.68. The first-order chi connectivity index (χ1) is 8.15. The van der Waals surface area contributed by atoms with Gasteiger partial charge in [-0.15, -0.1) is 6.58 Å². The molecule has 1 unspecified atom stereocenters. The van der Waals surface area contributed by atoms with Gasteiger partial charge in [0.1, 0.15) is 5.76 Å². The van der Waals surface area contributed by atoms with E-state index in [1.807, 2.05) is 30.3 Å². The lowest BCUT2D eigenvalue weighted by molar-refractivity contribution is -0.179. The second-order valence-corrected chi connectivity index (χ2v) is 3.89. The van der Waals surface area contributed by atoms with Gasteiger partial charge in [0.15, 0.2) is 0 Å². The molecule has 0 aliphatic carbocycles. The lowest BCUT2D eigenvalue weighted by Crippen LogP contribution is -2.36. The number of ether oxygens (including phenoxy) is 2. The molecule has 0 N–H and O–H groups in total. The van der Waals surface area contributed by atoms with Gasteiger partial charge in [-0.2, -0.15) is 0 Å². The lowest BCUT2D eigenvalue weighted by Gasteiger charge is -2.23. The largest absolute Gasteiger partial charge is 0.454 e. The van der Waals surface area contributed by atoms with Crippen LogP contribution in [0.25, 0.3) is 5.76 Å². The van der Waals surface area contributed by atoms with E-state index in [1.165, 1.54) is 6.08 Å². The zero-order chi connectivity index (χ0) is 12.3. The van der Waals surface area contributed by atoms with Gasteiger partial charge in [0.25, 0.3) is 5.79 Å². The van der Waals surface area contributed by atoms with Crippen molar-refractivity contribution in [2.24, 2.45) is 0 Å². The number of carbonyl (C=O) groups is 1. The first kappa shape index (κ1) is 11.6. The van der Waals surface area contributed by atoms with Crippen molar-refractivity contribution in [3.05, 3.63) is 54.6 Å². The molecule has 0 radical (unpaired) electrons. The Bertz CT molecular complexity index is 462. The maximum Gasteiger partial charge on any atom is 0.272 e. The number of rotatable bonds is 4. The Morgan fingerprint density at radius 3 is 2.76 bits per heavy atom. The molecule has 0 spiro atoms. The van der Waals surface area contributed by atoms with Crippen LogP contribution in [0.1, 0.15) is 12.5 Å². The van der Waals surface area contributed by atoms with Crippen molar-refractivity contribution >= 4 is 11.5 Å². The Hall–Kier alpha value is -1.87. The fourth-order valence-corrected chi connectivity index (χ4v) is 1.60. The quantitative estimate of drug-likeness (QED) is 0.746. The fourth-order valence-electron chi connectivity index (χ4n) is 1.60. The van der Waals surface area contributed by atoms with Gasteiger partial charge < -0.3 is 9.47 Å². The SMILES string of the molecule is C=CCOC1(C)OC(c2ccccc2)=CC1=O. The van der Waals surface area contributed by atoms with Crippen molar-refractivity contribution in [1.82, 2.24) is 0 Å². The predicted molar refractivity (Wildman–Crippen MR) is 65.1 cm³/mol. The van der Waals surface area contributed by atoms with Gasteiger partial charge in [0.05, 0.1) is 6.61 Å². The van der Waals surface area contributed by atoms with Crippen molar-refractivity contribution < 1.29 is 14.3 Å². The normalized spacial score (nSPS) is 23.1. The van der Waals surface area contributed by atoms with Gasteiger partial charge in [-0.25, -0.2) is 0 Å². The van der Waals surface area contributed by atoms with E-state index in [4.69, 9.17) is 9.47 Å². The van der Waals surface area contributed by atoms with Gasteiger partial charge in [-0.1, -0.05) is 36.4 Å². The molecule has 1 aromatic rings. The summed E-state index contributed by atoms with van der Waals surface area (Å²) in [5.74, 6) is -0.861. The standard InChI is InChI=1S/C14H14O3/c1-3-9-16-14(2)13(15)10-12(17-14)11-7-5-4-6-8-11/h3-8,10H,1,9H2,2H3. The number of benzene rings is 1. The van der Waals surface area contributed by atoms with Gasteiger partial charge in [0, 0.05) is 18.6 Å². The van der Waals surface area contributed by atoms with E-state index in [0.717, 1.165) is 5.56 Å². The number of carbonyl (C=O) groups excluding carboxylic acids is 1. The average Bonchev–Trinajstić information content (AvgIpc) is 2.65. The third-order valence-electron chi connectivity index (χ3n) is 2.55. The Kier molecular flexibility index (Phi) is 3.11. The molecule has 1 heterocycles. The van der Waals surface area contributed by atoms with Crippen molar-refractivity contribution in [2.45, 2.75) is 12.7 Å². The Labute approximate surface area is 100 Å². The molecule has 0 fully saturated rings. The molecule has 0 bridgehead atoms. The maximum atomic E-state index is 11.8. The zero-order valence-corrected chi connectivity index (χ0v) is 9.68. The molecule has 0 aromatic heterocycles.